The Bertz CT molecular complexity index is 395. The average Bonchev–Trinajstić information content (AvgIpc) is 2.78. The van der Waals surface area contributed by atoms with Crippen molar-refractivity contribution in [2.75, 3.05) is 25.5 Å². The molecule has 0 heterocycles. The monoisotopic (exact) mass is 236 g/mol. The van der Waals surface area contributed by atoms with Crippen molar-refractivity contribution < 1.29 is 4.39 Å². The van der Waals surface area contributed by atoms with Crippen molar-refractivity contribution in [2.24, 2.45) is 5.73 Å². The molecule has 1 aliphatic rings. The predicted molar refractivity (Wildman–Crippen MR) is 69.9 cm³/mol. The molecule has 2 N–H and O–H groups in total. The largest absolute Gasteiger partial charge is 0.377 e. The summed E-state index contributed by atoms with van der Waals surface area (Å²) < 4.78 is 14.2. The van der Waals surface area contributed by atoms with E-state index in [4.69, 9.17) is 5.73 Å². The highest BCUT2D eigenvalue weighted by atomic mass is 19.1. The summed E-state index contributed by atoms with van der Waals surface area (Å²) in [5, 5.41) is 0. The van der Waals surface area contributed by atoms with Gasteiger partial charge >= 0.3 is 0 Å². The molecule has 0 amide bonds. The van der Waals surface area contributed by atoms with Crippen LogP contribution in [0.25, 0.3) is 0 Å². The van der Waals surface area contributed by atoms with E-state index < -0.39 is 0 Å². The molecule has 1 aliphatic carbocycles. The first kappa shape index (κ1) is 12.4. The Hall–Kier alpha value is -1.09. The Balaban J connectivity index is 2.56. The summed E-state index contributed by atoms with van der Waals surface area (Å²) in [6, 6.07) is 5.31. The van der Waals surface area contributed by atoms with E-state index in [2.05, 4.69) is 0 Å². The molecular weight excluding hydrogens is 215 g/mol. The summed E-state index contributed by atoms with van der Waals surface area (Å²) in [4.78, 5) is 1.98. The number of hydrogen-bond acceptors (Lipinski definition) is 2. The summed E-state index contributed by atoms with van der Waals surface area (Å²) in [7, 11) is 3.91. The standard InChI is InChI=1S/C14H21FN2/c1-17(2)12-7-5-6-11(15)13(12)14(10-16)8-3-4-9-14/h5-7H,3-4,8-10,16H2,1-2H3. The van der Waals surface area contributed by atoms with Crippen LogP contribution >= 0.6 is 0 Å². The molecule has 94 valence electrons. The molecule has 3 heteroatoms. The van der Waals surface area contributed by atoms with Crippen LogP contribution in [0.3, 0.4) is 0 Å². The van der Waals surface area contributed by atoms with E-state index in [-0.39, 0.29) is 11.2 Å². The summed E-state index contributed by atoms with van der Waals surface area (Å²) in [6.07, 6.45) is 4.31. The molecule has 0 aliphatic heterocycles. The number of rotatable bonds is 3. The zero-order valence-electron chi connectivity index (χ0n) is 10.7. The van der Waals surface area contributed by atoms with Gasteiger partial charge in [-0.05, 0) is 25.0 Å². The minimum absolute atomic E-state index is 0.108. The molecule has 0 aromatic heterocycles. The predicted octanol–water partition coefficient (Wildman–Crippen LogP) is 2.66. The van der Waals surface area contributed by atoms with Crippen LogP contribution in [0.15, 0.2) is 18.2 Å². The molecule has 17 heavy (non-hydrogen) atoms. The Morgan fingerprint density at radius 1 is 1.29 bits per heavy atom. The molecular formula is C14H21FN2. The molecule has 0 atom stereocenters. The lowest BCUT2D eigenvalue weighted by Gasteiger charge is -2.32. The number of benzene rings is 1. The van der Waals surface area contributed by atoms with Crippen molar-refractivity contribution in [3.63, 3.8) is 0 Å². The normalized spacial score (nSPS) is 18.4. The van der Waals surface area contributed by atoms with E-state index in [1.54, 1.807) is 12.1 Å². The fourth-order valence-electron chi connectivity index (χ4n) is 3.02. The second-order valence-corrected chi connectivity index (χ2v) is 5.22. The molecule has 0 bridgehead atoms. The molecule has 1 aromatic rings. The third-order valence-corrected chi connectivity index (χ3v) is 3.96. The van der Waals surface area contributed by atoms with E-state index in [1.807, 2.05) is 25.1 Å². The molecule has 2 nitrogen and oxygen atoms in total. The van der Waals surface area contributed by atoms with E-state index in [0.29, 0.717) is 6.54 Å². The first-order valence-corrected chi connectivity index (χ1v) is 6.27. The Morgan fingerprint density at radius 3 is 2.47 bits per heavy atom. The second-order valence-electron chi connectivity index (χ2n) is 5.22. The van der Waals surface area contributed by atoms with Gasteiger partial charge in [0.15, 0.2) is 0 Å². The van der Waals surface area contributed by atoms with Gasteiger partial charge in [0.2, 0.25) is 0 Å². The van der Waals surface area contributed by atoms with Crippen molar-refractivity contribution >= 4 is 5.69 Å². The third-order valence-electron chi connectivity index (χ3n) is 3.96. The van der Waals surface area contributed by atoms with Crippen LogP contribution in [0, 0.1) is 5.82 Å². The van der Waals surface area contributed by atoms with E-state index in [0.717, 1.165) is 36.9 Å². The fourth-order valence-corrected chi connectivity index (χ4v) is 3.02. The molecule has 0 unspecified atom stereocenters. The summed E-state index contributed by atoms with van der Waals surface area (Å²) in [5.41, 5.74) is 7.60. The van der Waals surface area contributed by atoms with Crippen LogP contribution in [0.2, 0.25) is 0 Å². The number of nitrogens with two attached hydrogens (primary N) is 1. The highest BCUT2D eigenvalue weighted by molar-refractivity contribution is 5.57. The Morgan fingerprint density at radius 2 is 1.94 bits per heavy atom. The number of nitrogens with zero attached hydrogens (tertiary/aromatic N) is 1. The van der Waals surface area contributed by atoms with Crippen LogP contribution in [0.4, 0.5) is 10.1 Å². The zero-order valence-corrected chi connectivity index (χ0v) is 10.7. The van der Waals surface area contributed by atoms with Gasteiger partial charge in [0.25, 0.3) is 0 Å². The molecule has 0 radical (unpaired) electrons. The van der Waals surface area contributed by atoms with Gasteiger partial charge in [-0.25, -0.2) is 4.39 Å². The van der Waals surface area contributed by atoms with E-state index >= 15 is 0 Å². The second kappa shape index (κ2) is 4.65. The van der Waals surface area contributed by atoms with E-state index in [9.17, 15) is 4.39 Å². The molecule has 1 fully saturated rings. The first-order chi connectivity index (χ1) is 8.10. The maximum atomic E-state index is 14.2. The van der Waals surface area contributed by atoms with Gasteiger partial charge in [0.1, 0.15) is 5.82 Å². The van der Waals surface area contributed by atoms with Gasteiger partial charge in [-0.2, -0.15) is 0 Å². The van der Waals surface area contributed by atoms with Crippen LogP contribution in [-0.2, 0) is 5.41 Å². The minimum atomic E-state index is -0.148. The lowest BCUT2D eigenvalue weighted by Crippen LogP contribution is -2.34. The van der Waals surface area contributed by atoms with Crippen molar-refractivity contribution in [3.05, 3.63) is 29.6 Å². The molecule has 0 saturated heterocycles. The summed E-state index contributed by atoms with van der Waals surface area (Å²) >= 11 is 0. The highest BCUT2D eigenvalue weighted by Gasteiger charge is 2.38. The Labute approximate surface area is 103 Å². The van der Waals surface area contributed by atoms with Crippen LogP contribution < -0.4 is 10.6 Å². The lowest BCUT2D eigenvalue weighted by atomic mass is 9.77. The number of halogens is 1. The number of anilines is 1. The van der Waals surface area contributed by atoms with Gasteiger partial charge < -0.3 is 10.6 Å². The zero-order chi connectivity index (χ0) is 12.5. The van der Waals surface area contributed by atoms with Crippen LogP contribution in [-0.4, -0.2) is 20.6 Å². The summed E-state index contributed by atoms with van der Waals surface area (Å²) in [6.45, 7) is 0.536. The van der Waals surface area contributed by atoms with Gasteiger partial charge in [0.05, 0.1) is 0 Å². The third kappa shape index (κ3) is 2.04. The fraction of sp³-hybridized carbons (Fsp3) is 0.571. The quantitative estimate of drug-likeness (QED) is 0.874. The van der Waals surface area contributed by atoms with Gasteiger partial charge in [-0.3, -0.25) is 0 Å². The minimum Gasteiger partial charge on any atom is -0.377 e. The summed E-state index contributed by atoms with van der Waals surface area (Å²) in [5.74, 6) is -0.108. The molecule has 0 spiro atoms. The van der Waals surface area contributed by atoms with E-state index in [1.165, 1.54) is 0 Å². The van der Waals surface area contributed by atoms with Crippen LogP contribution in [0.5, 0.6) is 0 Å². The van der Waals surface area contributed by atoms with Gasteiger partial charge in [0, 0.05) is 37.3 Å². The molecule has 2 rings (SSSR count). The first-order valence-electron chi connectivity index (χ1n) is 6.27. The lowest BCUT2D eigenvalue weighted by molar-refractivity contribution is 0.427. The van der Waals surface area contributed by atoms with Gasteiger partial charge in [-0.1, -0.05) is 18.9 Å². The van der Waals surface area contributed by atoms with Crippen molar-refractivity contribution in [3.8, 4) is 0 Å². The van der Waals surface area contributed by atoms with Crippen molar-refractivity contribution in [2.45, 2.75) is 31.1 Å². The smallest absolute Gasteiger partial charge is 0.129 e. The van der Waals surface area contributed by atoms with Crippen molar-refractivity contribution in [1.29, 1.82) is 0 Å². The van der Waals surface area contributed by atoms with Gasteiger partial charge in [-0.15, -0.1) is 0 Å². The topological polar surface area (TPSA) is 29.3 Å². The maximum absolute atomic E-state index is 14.2. The SMILES string of the molecule is CN(C)c1cccc(F)c1C1(CN)CCCC1. The van der Waals surface area contributed by atoms with Crippen molar-refractivity contribution in [1.82, 2.24) is 0 Å². The molecule has 1 aromatic carbocycles. The van der Waals surface area contributed by atoms with Crippen LogP contribution in [0.1, 0.15) is 31.2 Å². The average molecular weight is 236 g/mol. The maximum Gasteiger partial charge on any atom is 0.129 e. The Kier molecular flexibility index (Phi) is 3.38. The highest BCUT2D eigenvalue weighted by Crippen LogP contribution is 2.44. The molecule has 1 saturated carbocycles. The number of hydrogen-bond donors (Lipinski definition) is 1.